The minimum atomic E-state index is 0.464. The van der Waals surface area contributed by atoms with Gasteiger partial charge < -0.3 is 10.5 Å². The van der Waals surface area contributed by atoms with Crippen LogP contribution in [0.5, 0.6) is 5.75 Å². The molecule has 2 N–H and O–H groups in total. The molecule has 1 atom stereocenters. The van der Waals surface area contributed by atoms with Crippen LogP contribution in [-0.2, 0) is 13.0 Å². The number of halogens is 1. The van der Waals surface area contributed by atoms with E-state index >= 15 is 0 Å². The van der Waals surface area contributed by atoms with E-state index in [0.29, 0.717) is 6.04 Å². The van der Waals surface area contributed by atoms with Crippen molar-refractivity contribution in [2.45, 2.75) is 32.4 Å². The fourth-order valence-corrected chi connectivity index (χ4v) is 2.61. The van der Waals surface area contributed by atoms with E-state index in [9.17, 15) is 0 Å². The molecule has 4 heteroatoms. The van der Waals surface area contributed by atoms with Crippen LogP contribution in [0.1, 0.15) is 24.5 Å². The maximum absolute atomic E-state index is 6.16. The Kier molecular flexibility index (Phi) is 4.49. The Labute approximate surface area is 114 Å². The molecule has 1 aromatic rings. The van der Waals surface area contributed by atoms with Gasteiger partial charge in [-0.25, -0.2) is 0 Å². The molecule has 1 aliphatic heterocycles. The van der Waals surface area contributed by atoms with Crippen LogP contribution in [0.25, 0.3) is 0 Å². The van der Waals surface area contributed by atoms with Crippen molar-refractivity contribution in [3.05, 3.63) is 28.3 Å². The molecule has 0 aromatic heterocycles. The monoisotopic (exact) mass is 268 g/mol. The fraction of sp³-hybridized carbons (Fsp3) is 0.571. The van der Waals surface area contributed by atoms with Crippen molar-refractivity contribution in [3.8, 4) is 5.75 Å². The normalized spacial score (nSPS) is 15.6. The highest BCUT2D eigenvalue weighted by Crippen LogP contribution is 2.33. The third-order valence-electron chi connectivity index (χ3n) is 3.58. The number of benzene rings is 1. The molecule has 0 saturated carbocycles. The highest BCUT2D eigenvalue weighted by molar-refractivity contribution is 6.30. The van der Waals surface area contributed by atoms with E-state index in [1.54, 1.807) is 0 Å². The highest BCUT2D eigenvalue weighted by Gasteiger charge is 2.19. The standard InChI is InChI=1S/C14H21ClN2O/c1-10(3-5-16)17(2)9-12-8-13(15)7-11-4-6-18-14(11)12/h7-8,10H,3-6,9,16H2,1-2H3. The molecule has 100 valence electrons. The van der Waals surface area contributed by atoms with Crippen LogP contribution in [0.3, 0.4) is 0 Å². The molecule has 1 aromatic carbocycles. The summed E-state index contributed by atoms with van der Waals surface area (Å²) in [5, 5.41) is 0.800. The second-order valence-corrected chi connectivity index (χ2v) is 5.43. The molecule has 0 spiro atoms. The molecule has 2 rings (SSSR count). The van der Waals surface area contributed by atoms with E-state index in [-0.39, 0.29) is 0 Å². The summed E-state index contributed by atoms with van der Waals surface area (Å²) in [4.78, 5) is 2.29. The van der Waals surface area contributed by atoms with Crippen molar-refractivity contribution in [2.24, 2.45) is 5.73 Å². The van der Waals surface area contributed by atoms with Crippen molar-refractivity contribution in [1.29, 1.82) is 0 Å². The molecule has 1 unspecified atom stereocenters. The topological polar surface area (TPSA) is 38.5 Å². The van der Waals surface area contributed by atoms with E-state index in [1.807, 2.05) is 12.1 Å². The lowest BCUT2D eigenvalue weighted by molar-refractivity contribution is 0.236. The molecule has 0 bridgehead atoms. The van der Waals surface area contributed by atoms with E-state index in [4.69, 9.17) is 22.1 Å². The van der Waals surface area contributed by atoms with Gasteiger partial charge in [-0.15, -0.1) is 0 Å². The molecule has 1 heterocycles. The molecule has 0 aliphatic carbocycles. The van der Waals surface area contributed by atoms with Gasteiger partial charge in [-0.3, -0.25) is 4.90 Å². The van der Waals surface area contributed by atoms with Crippen molar-refractivity contribution < 1.29 is 4.74 Å². The minimum absolute atomic E-state index is 0.464. The summed E-state index contributed by atoms with van der Waals surface area (Å²) in [5.74, 6) is 1.03. The average molecular weight is 269 g/mol. The van der Waals surface area contributed by atoms with Crippen molar-refractivity contribution in [3.63, 3.8) is 0 Å². The maximum Gasteiger partial charge on any atom is 0.127 e. The summed E-state index contributed by atoms with van der Waals surface area (Å²) >= 11 is 6.16. The van der Waals surface area contributed by atoms with Gasteiger partial charge in [0.1, 0.15) is 5.75 Å². The van der Waals surface area contributed by atoms with Gasteiger partial charge in [-0.05, 0) is 44.6 Å². The lowest BCUT2D eigenvalue weighted by Crippen LogP contribution is -2.30. The predicted molar refractivity (Wildman–Crippen MR) is 75.3 cm³/mol. The molecule has 0 amide bonds. The average Bonchev–Trinajstić information content (AvgIpc) is 2.77. The lowest BCUT2D eigenvalue weighted by Gasteiger charge is -2.25. The van der Waals surface area contributed by atoms with E-state index in [0.717, 1.165) is 43.3 Å². The van der Waals surface area contributed by atoms with Gasteiger partial charge >= 0.3 is 0 Å². The zero-order valence-electron chi connectivity index (χ0n) is 11.1. The number of hydrogen-bond donors (Lipinski definition) is 1. The van der Waals surface area contributed by atoms with E-state index in [1.165, 1.54) is 11.1 Å². The maximum atomic E-state index is 6.16. The van der Waals surface area contributed by atoms with E-state index < -0.39 is 0 Å². The first kappa shape index (κ1) is 13.7. The Bertz CT molecular complexity index is 423. The van der Waals surface area contributed by atoms with Crippen LogP contribution in [0.2, 0.25) is 5.02 Å². The summed E-state index contributed by atoms with van der Waals surface area (Å²) in [6.07, 6.45) is 1.96. The molecule has 3 nitrogen and oxygen atoms in total. The molecular formula is C14H21ClN2O. The van der Waals surface area contributed by atoms with E-state index in [2.05, 4.69) is 18.9 Å². The largest absolute Gasteiger partial charge is 0.493 e. The molecule has 0 saturated heterocycles. The van der Waals surface area contributed by atoms with Crippen LogP contribution in [0, 0.1) is 0 Å². The van der Waals surface area contributed by atoms with Gasteiger partial charge in [-0.2, -0.15) is 0 Å². The first-order chi connectivity index (χ1) is 8.61. The van der Waals surface area contributed by atoms with Crippen LogP contribution < -0.4 is 10.5 Å². The van der Waals surface area contributed by atoms with Crippen molar-refractivity contribution in [2.75, 3.05) is 20.2 Å². The predicted octanol–water partition coefficient (Wildman–Crippen LogP) is 2.44. The Hall–Kier alpha value is -0.770. The molecular weight excluding hydrogens is 248 g/mol. The number of nitrogens with two attached hydrogens (primary N) is 1. The zero-order chi connectivity index (χ0) is 13.1. The van der Waals surface area contributed by atoms with Gasteiger partial charge in [-0.1, -0.05) is 11.6 Å². The zero-order valence-corrected chi connectivity index (χ0v) is 11.8. The Morgan fingerprint density at radius 1 is 1.50 bits per heavy atom. The van der Waals surface area contributed by atoms with Crippen molar-refractivity contribution >= 4 is 11.6 Å². The van der Waals surface area contributed by atoms with Gasteiger partial charge in [0.2, 0.25) is 0 Å². The summed E-state index contributed by atoms with van der Waals surface area (Å²) in [5.41, 5.74) is 8.02. The summed E-state index contributed by atoms with van der Waals surface area (Å²) in [6.45, 7) is 4.53. The molecule has 0 radical (unpaired) electrons. The number of hydrogen-bond acceptors (Lipinski definition) is 3. The Morgan fingerprint density at radius 2 is 2.28 bits per heavy atom. The number of ether oxygens (including phenoxy) is 1. The first-order valence-corrected chi connectivity index (χ1v) is 6.84. The third kappa shape index (κ3) is 2.97. The molecule has 0 fully saturated rings. The minimum Gasteiger partial charge on any atom is -0.493 e. The quantitative estimate of drug-likeness (QED) is 0.892. The van der Waals surface area contributed by atoms with Gasteiger partial charge in [0.25, 0.3) is 0 Å². The van der Waals surface area contributed by atoms with Crippen LogP contribution in [0.4, 0.5) is 0 Å². The molecule has 18 heavy (non-hydrogen) atoms. The van der Waals surface area contributed by atoms with Crippen LogP contribution in [0.15, 0.2) is 12.1 Å². The summed E-state index contributed by atoms with van der Waals surface area (Å²) in [6, 6.07) is 4.49. The number of fused-ring (bicyclic) bond motifs is 1. The fourth-order valence-electron chi connectivity index (χ4n) is 2.35. The second kappa shape index (κ2) is 5.91. The van der Waals surface area contributed by atoms with Gasteiger partial charge in [0, 0.05) is 29.6 Å². The SMILES string of the molecule is CC(CCN)N(C)Cc1cc(Cl)cc2c1OCC2. The van der Waals surface area contributed by atoms with Crippen LogP contribution in [-0.4, -0.2) is 31.1 Å². The smallest absolute Gasteiger partial charge is 0.127 e. The summed E-state index contributed by atoms with van der Waals surface area (Å²) < 4.78 is 5.72. The van der Waals surface area contributed by atoms with Crippen LogP contribution >= 0.6 is 11.6 Å². The van der Waals surface area contributed by atoms with Gasteiger partial charge in [0.05, 0.1) is 6.61 Å². The first-order valence-electron chi connectivity index (χ1n) is 6.46. The highest BCUT2D eigenvalue weighted by atomic mass is 35.5. The van der Waals surface area contributed by atoms with Crippen molar-refractivity contribution in [1.82, 2.24) is 4.90 Å². The Morgan fingerprint density at radius 3 is 3.00 bits per heavy atom. The molecule has 1 aliphatic rings. The second-order valence-electron chi connectivity index (χ2n) is 4.99. The summed E-state index contributed by atoms with van der Waals surface area (Å²) in [7, 11) is 2.11. The van der Waals surface area contributed by atoms with Gasteiger partial charge in [0.15, 0.2) is 0 Å². The number of nitrogens with zero attached hydrogens (tertiary/aromatic N) is 1. The Balaban J connectivity index is 2.14. The lowest BCUT2D eigenvalue weighted by atomic mass is 10.1. The third-order valence-corrected chi connectivity index (χ3v) is 3.80. The number of rotatable bonds is 5.